The first-order valence-electron chi connectivity index (χ1n) is 11.8. The Hall–Kier alpha value is -4.07. The zero-order valence-electron chi connectivity index (χ0n) is 20.4. The quantitative estimate of drug-likeness (QED) is 0.277. The maximum absolute atomic E-state index is 12.5. The van der Waals surface area contributed by atoms with Crippen molar-refractivity contribution in [3.63, 3.8) is 0 Å². The van der Waals surface area contributed by atoms with E-state index in [4.69, 9.17) is 24.2 Å². The number of carbonyl (C=O) groups is 1. The van der Waals surface area contributed by atoms with Crippen LogP contribution in [0.15, 0.2) is 48.7 Å². The summed E-state index contributed by atoms with van der Waals surface area (Å²) in [5, 5.41) is 0.695. The molecule has 35 heavy (non-hydrogen) atoms. The fourth-order valence-electron chi connectivity index (χ4n) is 4.44. The van der Waals surface area contributed by atoms with E-state index in [9.17, 15) is 4.79 Å². The maximum Gasteiger partial charge on any atom is 0.311 e. The van der Waals surface area contributed by atoms with E-state index in [1.54, 1.807) is 14.2 Å². The molecule has 3 heterocycles. The topological polar surface area (TPSA) is 79.9 Å². The second-order valence-electron chi connectivity index (χ2n) is 8.36. The molecule has 0 amide bonds. The molecule has 5 rings (SSSR count). The highest BCUT2D eigenvalue weighted by Crippen LogP contribution is 2.37. The molecule has 0 unspecified atom stereocenters. The predicted molar refractivity (Wildman–Crippen MR) is 135 cm³/mol. The lowest BCUT2D eigenvalue weighted by Gasteiger charge is -2.12. The van der Waals surface area contributed by atoms with Gasteiger partial charge in [0, 0.05) is 18.9 Å². The minimum absolute atomic E-state index is 0.286. The standard InChI is InChI=1S/C27H28N4O4/c1-5-9-23-29-26-25(27-28-18-11-7-8-12-19(18)31(23)27)22(35-24(32)10-6-2)16-30(26)17-13-14-20(33-3)21(15-17)34-4/h7-8,11-16H,5-6,9-10H2,1-4H3. The van der Waals surface area contributed by atoms with Crippen LogP contribution in [0.4, 0.5) is 0 Å². The summed E-state index contributed by atoms with van der Waals surface area (Å²) in [6, 6.07) is 13.6. The Morgan fingerprint density at radius 1 is 0.914 bits per heavy atom. The number of nitrogens with zero attached hydrogens (tertiary/aromatic N) is 4. The highest BCUT2D eigenvalue weighted by Gasteiger charge is 2.23. The molecule has 0 spiro atoms. The molecule has 2 aromatic carbocycles. The van der Waals surface area contributed by atoms with Gasteiger partial charge in [0.15, 0.2) is 28.5 Å². The van der Waals surface area contributed by atoms with Gasteiger partial charge in [-0.2, -0.15) is 0 Å². The minimum atomic E-state index is -0.286. The van der Waals surface area contributed by atoms with Crippen molar-refractivity contribution in [2.45, 2.75) is 39.5 Å². The summed E-state index contributed by atoms with van der Waals surface area (Å²) < 4.78 is 20.8. The van der Waals surface area contributed by atoms with Crippen molar-refractivity contribution in [2.24, 2.45) is 0 Å². The van der Waals surface area contributed by atoms with Gasteiger partial charge in [-0.1, -0.05) is 26.0 Å². The SMILES string of the molecule is CCCC(=O)Oc1cn(-c2ccc(OC)c(OC)c2)c2nc(CCC)n3c4ccccc4nc3c12. The number of imidazole rings is 1. The number of aryl methyl sites for hydroxylation is 1. The molecule has 0 saturated carbocycles. The van der Waals surface area contributed by atoms with E-state index in [2.05, 4.69) is 11.3 Å². The van der Waals surface area contributed by atoms with Gasteiger partial charge in [0.2, 0.25) is 0 Å². The van der Waals surface area contributed by atoms with Crippen LogP contribution in [0.1, 0.15) is 38.9 Å². The molecule has 5 aromatic rings. The average Bonchev–Trinajstić information content (AvgIpc) is 3.42. The van der Waals surface area contributed by atoms with E-state index >= 15 is 0 Å². The van der Waals surface area contributed by atoms with Crippen LogP contribution in [0.2, 0.25) is 0 Å². The number of esters is 1. The molecule has 0 radical (unpaired) electrons. The lowest BCUT2D eigenvalue weighted by atomic mass is 10.2. The number of benzene rings is 2. The van der Waals surface area contributed by atoms with Gasteiger partial charge in [-0.3, -0.25) is 13.8 Å². The largest absolute Gasteiger partial charge is 0.493 e. The van der Waals surface area contributed by atoms with Crippen molar-refractivity contribution in [3.05, 3.63) is 54.5 Å². The summed E-state index contributed by atoms with van der Waals surface area (Å²) in [7, 11) is 3.21. The first-order valence-corrected chi connectivity index (χ1v) is 11.8. The number of ether oxygens (including phenoxy) is 3. The van der Waals surface area contributed by atoms with Crippen molar-refractivity contribution < 1.29 is 19.0 Å². The van der Waals surface area contributed by atoms with Crippen LogP contribution in [-0.2, 0) is 11.2 Å². The molecule has 180 valence electrons. The highest BCUT2D eigenvalue weighted by molar-refractivity contribution is 6.01. The number of para-hydroxylation sites is 2. The van der Waals surface area contributed by atoms with Gasteiger partial charge >= 0.3 is 5.97 Å². The first kappa shape index (κ1) is 22.7. The van der Waals surface area contributed by atoms with Gasteiger partial charge < -0.3 is 14.2 Å². The van der Waals surface area contributed by atoms with E-state index < -0.39 is 0 Å². The second-order valence-corrected chi connectivity index (χ2v) is 8.36. The van der Waals surface area contributed by atoms with Crippen LogP contribution >= 0.6 is 0 Å². The molecule has 8 heteroatoms. The number of rotatable bonds is 8. The number of carbonyl (C=O) groups excluding carboxylic acids is 1. The second kappa shape index (κ2) is 9.29. The summed E-state index contributed by atoms with van der Waals surface area (Å²) in [6.07, 6.45) is 4.54. The van der Waals surface area contributed by atoms with Crippen LogP contribution in [0, 0.1) is 0 Å². The van der Waals surface area contributed by atoms with Crippen molar-refractivity contribution in [1.82, 2.24) is 18.9 Å². The summed E-state index contributed by atoms with van der Waals surface area (Å²) in [5.41, 5.74) is 4.04. The van der Waals surface area contributed by atoms with Crippen molar-refractivity contribution in [3.8, 4) is 22.9 Å². The first-order chi connectivity index (χ1) is 17.1. The molecule has 0 saturated heterocycles. The summed E-state index contributed by atoms with van der Waals surface area (Å²) in [6.45, 7) is 4.08. The lowest BCUT2D eigenvalue weighted by molar-refractivity contribution is -0.134. The van der Waals surface area contributed by atoms with Crippen LogP contribution in [-0.4, -0.2) is 39.1 Å². The fourth-order valence-corrected chi connectivity index (χ4v) is 4.44. The summed E-state index contributed by atoms with van der Waals surface area (Å²) in [4.78, 5) is 22.6. The van der Waals surface area contributed by atoms with Crippen LogP contribution < -0.4 is 14.2 Å². The number of methoxy groups -OCH3 is 2. The Kier molecular flexibility index (Phi) is 6.03. The van der Waals surface area contributed by atoms with Gasteiger partial charge in [-0.05, 0) is 37.1 Å². The molecule has 0 fully saturated rings. The Morgan fingerprint density at radius 3 is 2.46 bits per heavy atom. The number of aromatic nitrogens is 4. The Balaban J connectivity index is 1.85. The molecule has 3 aromatic heterocycles. The Bertz CT molecular complexity index is 1550. The molecule has 0 bridgehead atoms. The minimum Gasteiger partial charge on any atom is -0.493 e. The lowest BCUT2D eigenvalue weighted by Crippen LogP contribution is -2.07. The van der Waals surface area contributed by atoms with Gasteiger partial charge in [0.05, 0.1) is 37.1 Å². The van der Waals surface area contributed by atoms with E-state index in [0.29, 0.717) is 41.1 Å². The fraction of sp³-hybridized carbons (Fsp3) is 0.296. The third-order valence-corrected chi connectivity index (χ3v) is 6.02. The van der Waals surface area contributed by atoms with Crippen LogP contribution in [0.3, 0.4) is 0 Å². The normalized spacial score (nSPS) is 11.4. The maximum atomic E-state index is 12.5. The van der Waals surface area contributed by atoms with E-state index in [1.165, 1.54) is 0 Å². The molecule has 0 N–H and O–H groups in total. The number of hydrogen-bond donors (Lipinski definition) is 0. The molecular weight excluding hydrogens is 444 g/mol. The third-order valence-electron chi connectivity index (χ3n) is 6.02. The highest BCUT2D eigenvalue weighted by atomic mass is 16.5. The third kappa shape index (κ3) is 3.84. The average molecular weight is 473 g/mol. The summed E-state index contributed by atoms with van der Waals surface area (Å²) >= 11 is 0. The summed E-state index contributed by atoms with van der Waals surface area (Å²) in [5.74, 6) is 2.27. The number of fused-ring (bicyclic) bond motifs is 5. The van der Waals surface area contributed by atoms with Crippen LogP contribution in [0.5, 0.6) is 17.2 Å². The molecule has 0 aliphatic heterocycles. The Labute approximate surface area is 203 Å². The Morgan fingerprint density at radius 2 is 1.71 bits per heavy atom. The molecule has 0 aliphatic rings. The van der Waals surface area contributed by atoms with E-state index in [-0.39, 0.29) is 5.97 Å². The van der Waals surface area contributed by atoms with E-state index in [1.807, 2.05) is 60.2 Å². The number of hydrogen-bond acceptors (Lipinski definition) is 6. The smallest absolute Gasteiger partial charge is 0.311 e. The molecule has 8 nitrogen and oxygen atoms in total. The van der Waals surface area contributed by atoms with Crippen molar-refractivity contribution in [2.75, 3.05) is 14.2 Å². The van der Waals surface area contributed by atoms with Crippen molar-refractivity contribution in [1.29, 1.82) is 0 Å². The van der Waals surface area contributed by atoms with Crippen molar-refractivity contribution >= 4 is 33.7 Å². The van der Waals surface area contributed by atoms with E-state index in [0.717, 1.165) is 41.0 Å². The van der Waals surface area contributed by atoms with Gasteiger partial charge in [-0.25, -0.2) is 9.97 Å². The predicted octanol–water partition coefficient (Wildman–Crippen LogP) is 5.50. The zero-order valence-corrected chi connectivity index (χ0v) is 20.4. The molecular formula is C27H28N4O4. The van der Waals surface area contributed by atoms with Crippen LogP contribution in [0.25, 0.3) is 33.4 Å². The van der Waals surface area contributed by atoms with Gasteiger partial charge in [0.1, 0.15) is 11.2 Å². The van der Waals surface area contributed by atoms with Gasteiger partial charge in [0.25, 0.3) is 0 Å². The van der Waals surface area contributed by atoms with Gasteiger partial charge in [-0.15, -0.1) is 0 Å². The molecule has 0 atom stereocenters. The zero-order chi connectivity index (χ0) is 24.5. The monoisotopic (exact) mass is 472 g/mol. The molecule has 0 aliphatic carbocycles.